The molecule has 10 heteroatoms. The smallest absolute Gasteiger partial charge is 0.227 e. The number of aromatic nitrogens is 3. The Labute approximate surface area is 317 Å². The zero-order chi connectivity index (χ0) is 38.8. The van der Waals surface area contributed by atoms with Gasteiger partial charge < -0.3 is 20.3 Å². The summed E-state index contributed by atoms with van der Waals surface area (Å²) in [6.07, 6.45) is 5.61. The molecule has 1 aliphatic rings. The average molecular weight is 729 g/mol. The van der Waals surface area contributed by atoms with E-state index < -0.39 is 11.0 Å². The van der Waals surface area contributed by atoms with Crippen molar-refractivity contribution in [2.24, 2.45) is 17.3 Å². The van der Waals surface area contributed by atoms with Crippen LogP contribution in [0.4, 0.5) is 5.69 Å². The van der Waals surface area contributed by atoms with Gasteiger partial charge in [-0.25, -0.2) is 4.68 Å². The Balaban J connectivity index is 1.33. The lowest BCUT2D eigenvalue weighted by Gasteiger charge is -2.30. The number of ether oxygens (including phenoxy) is 1. The summed E-state index contributed by atoms with van der Waals surface area (Å²) < 4.78 is 8.21. The fourth-order valence-corrected chi connectivity index (χ4v) is 6.91. The normalized spacial score (nSPS) is 13.5. The molecule has 0 aliphatic carbocycles. The zero-order valence-corrected chi connectivity index (χ0v) is 33.8. The number of rotatable bonds is 19. The van der Waals surface area contributed by atoms with E-state index >= 15 is 0 Å². The van der Waals surface area contributed by atoms with E-state index in [0.717, 1.165) is 59.6 Å². The number of nitrogens with one attached hydrogen (secondary N) is 2. The van der Waals surface area contributed by atoms with Crippen LogP contribution in [-0.2, 0) is 32.2 Å². The number of fused-ring (bicyclic) bond motifs is 5. The number of para-hydroxylation sites is 1. The lowest BCUT2D eigenvalue weighted by atomic mass is 9.88. The van der Waals surface area contributed by atoms with Crippen LogP contribution in [-0.4, -0.2) is 57.5 Å². The second-order valence-corrected chi connectivity index (χ2v) is 16.9. The van der Waals surface area contributed by atoms with Crippen LogP contribution in [0.5, 0.6) is 0 Å². The van der Waals surface area contributed by atoms with Crippen LogP contribution >= 0.6 is 0 Å². The van der Waals surface area contributed by atoms with E-state index in [1.54, 1.807) is 4.90 Å². The lowest BCUT2D eigenvalue weighted by Crippen LogP contribution is -2.43. The zero-order valence-electron chi connectivity index (χ0n) is 33.8. The highest BCUT2D eigenvalue weighted by molar-refractivity contribution is 6.01. The second kappa shape index (κ2) is 18.8. The van der Waals surface area contributed by atoms with E-state index in [9.17, 15) is 14.4 Å². The van der Waals surface area contributed by atoms with Crippen LogP contribution in [0, 0.1) is 17.3 Å². The second-order valence-electron chi connectivity index (χ2n) is 16.9. The first-order valence-corrected chi connectivity index (χ1v) is 19.7. The molecule has 1 aromatic heterocycles. The number of aryl methyl sites for hydroxylation is 1. The number of hydrogen-bond acceptors (Lipinski definition) is 6. The Bertz CT molecular complexity index is 1680. The maximum absolute atomic E-state index is 13.9. The summed E-state index contributed by atoms with van der Waals surface area (Å²) in [5, 5.41) is 15.4. The predicted octanol–water partition coefficient (Wildman–Crippen LogP) is 8.33. The minimum Gasteiger partial charge on any atom is -0.375 e. The molecule has 2 heterocycles. The van der Waals surface area contributed by atoms with Crippen LogP contribution in [0.15, 0.2) is 48.5 Å². The highest BCUT2D eigenvalue weighted by Crippen LogP contribution is 2.41. The summed E-state index contributed by atoms with van der Waals surface area (Å²) in [6.45, 7) is 20.8. The van der Waals surface area contributed by atoms with Crippen LogP contribution in [0.1, 0.15) is 119 Å². The Kier molecular flexibility index (Phi) is 14.8. The van der Waals surface area contributed by atoms with Gasteiger partial charge in [-0.05, 0) is 69.9 Å². The average Bonchev–Trinajstić information content (AvgIpc) is 3.49. The quantitative estimate of drug-likeness (QED) is 0.120. The highest BCUT2D eigenvalue weighted by Gasteiger charge is 2.31. The molecule has 4 rings (SSSR count). The number of amides is 3. The molecule has 3 aromatic rings. The van der Waals surface area contributed by atoms with Gasteiger partial charge in [-0.15, -0.1) is 5.10 Å². The van der Waals surface area contributed by atoms with E-state index in [1.165, 1.54) is 6.42 Å². The van der Waals surface area contributed by atoms with E-state index in [4.69, 9.17) is 4.74 Å². The topological polar surface area (TPSA) is 118 Å². The van der Waals surface area contributed by atoms with Crippen LogP contribution < -0.4 is 15.5 Å². The standard InChI is InChI=1S/C43H64N6O4/c1-30(2)16-14-15-26-49-40-34-18-11-10-17-33(34)29-48(36-20-13-12-19-35(36)39(40)46-47-49)38(51)22-21-37(50)44-25-23-43(8,9)53-27-24-42(6,7)41(52)45-32(5)28-31(3)4/h10-13,17-20,30-32H,14-16,21-29H2,1-9H3,(H,44,50)(H,45,52). The molecule has 2 aromatic carbocycles. The summed E-state index contributed by atoms with van der Waals surface area (Å²) >= 11 is 0. The molecule has 1 unspecified atom stereocenters. The van der Waals surface area contributed by atoms with Crippen molar-refractivity contribution in [3.05, 3.63) is 54.1 Å². The molecule has 10 nitrogen and oxygen atoms in total. The third-order valence-corrected chi connectivity index (χ3v) is 10.1. The third kappa shape index (κ3) is 12.0. The van der Waals surface area contributed by atoms with Crippen molar-refractivity contribution in [2.45, 2.75) is 138 Å². The fourth-order valence-electron chi connectivity index (χ4n) is 6.91. The first kappa shape index (κ1) is 41.7. The molecule has 3 amide bonds. The van der Waals surface area contributed by atoms with Gasteiger partial charge in [-0.3, -0.25) is 14.4 Å². The molecular weight excluding hydrogens is 665 g/mol. The van der Waals surface area contributed by atoms with Gasteiger partial charge in [0.1, 0.15) is 5.69 Å². The van der Waals surface area contributed by atoms with Crippen molar-refractivity contribution in [3.63, 3.8) is 0 Å². The lowest BCUT2D eigenvalue weighted by molar-refractivity contribution is -0.132. The van der Waals surface area contributed by atoms with Crippen molar-refractivity contribution < 1.29 is 19.1 Å². The fraction of sp³-hybridized carbons (Fsp3) is 0.605. The molecule has 290 valence electrons. The summed E-state index contributed by atoms with van der Waals surface area (Å²) in [6, 6.07) is 16.1. The highest BCUT2D eigenvalue weighted by atomic mass is 16.5. The van der Waals surface area contributed by atoms with E-state index in [0.29, 0.717) is 44.4 Å². The number of unbranched alkanes of at least 4 members (excludes halogenated alkanes) is 1. The van der Waals surface area contributed by atoms with Crippen LogP contribution in [0.2, 0.25) is 0 Å². The Morgan fingerprint density at radius 3 is 2.28 bits per heavy atom. The van der Waals surface area contributed by atoms with Gasteiger partial charge in [-0.1, -0.05) is 102 Å². The summed E-state index contributed by atoms with van der Waals surface area (Å²) in [7, 11) is 0. The number of carbonyl (C=O) groups is 3. The van der Waals surface area contributed by atoms with E-state index in [1.807, 2.05) is 75.7 Å². The molecule has 0 radical (unpaired) electrons. The molecule has 2 N–H and O–H groups in total. The predicted molar refractivity (Wildman–Crippen MR) is 213 cm³/mol. The van der Waals surface area contributed by atoms with Crippen molar-refractivity contribution in [1.82, 2.24) is 25.6 Å². The first-order chi connectivity index (χ1) is 25.1. The maximum atomic E-state index is 13.9. The molecule has 53 heavy (non-hydrogen) atoms. The number of anilines is 1. The van der Waals surface area contributed by atoms with Gasteiger partial charge in [0.25, 0.3) is 0 Å². The third-order valence-electron chi connectivity index (χ3n) is 10.1. The molecule has 0 saturated heterocycles. The largest absolute Gasteiger partial charge is 0.375 e. The number of nitrogens with zero attached hydrogens (tertiary/aromatic N) is 4. The van der Waals surface area contributed by atoms with Crippen LogP contribution in [0.3, 0.4) is 0 Å². The number of benzene rings is 2. The molecule has 0 saturated carbocycles. The summed E-state index contributed by atoms with van der Waals surface area (Å²) in [5.74, 6) is 0.926. The van der Waals surface area contributed by atoms with Gasteiger partial charge in [0.15, 0.2) is 0 Å². The minimum atomic E-state index is -0.551. The van der Waals surface area contributed by atoms with Gasteiger partial charge >= 0.3 is 0 Å². The van der Waals surface area contributed by atoms with Crippen molar-refractivity contribution >= 4 is 23.4 Å². The summed E-state index contributed by atoms with van der Waals surface area (Å²) in [5.41, 5.74) is 4.37. The molecule has 1 atom stereocenters. The Morgan fingerprint density at radius 2 is 1.57 bits per heavy atom. The summed E-state index contributed by atoms with van der Waals surface area (Å²) in [4.78, 5) is 41.6. The Morgan fingerprint density at radius 1 is 0.868 bits per heavy atom. The van der Waals surface area contributed by atoms with E-state index in [2.05, 4.69) is 60.8 Å². The SMILES string of the molecule is CC(C)CCCCn1nnc2c1-c1ccccc1CN(C(=O)CCC(=O)NCCC(C)(C)OCCC(C)(C)C(=O)NC(C)CC(C)C)c1ccccc1-2. The molecule has 1 aliphatic heterocycles. The Hall–Kier alpha value is -4.05. The minimum absolute atomic E-state index is 0.0396. The van der Waals surface area contributed by atoms with Crippen molar-refractivity contribution in [3.8, 4) is 22.5 Å². The van der Waals surface area contributed by atoms with Crippen molar-refractivity contribution in [2.75, 3.05) is 18.1 Å². The van der Waals surface area contributed by atoms with Gasteiger partial charge in [-0.2, -0.15) is 0 Å². The molecular formula is C43H64N6O4. The molecule has 0 spiro atoms. The monoisotopic (exact) mass is 728 g/mol. The number of hydrogen-bond donors (Lipinski definition) is 2. The van der Waals surface area contributed by atoms with Gasteiger partial charge in [0.05, 0.1) is 23.5 Å². The van der Waals surface area contributed by atoms with Gasteiger partial charge in [0.2, 0.25) is 17.7 Å². The first-order valence-electron chi connectivity index (χ1n) is 19.7. The maximum Gasteiger partial charge on any atom is 0.227 e. The van der Waals surface area contributed by atoms with Crippen molar-refractivity contribution in [1.29, 1.82) is 0 Å². The van der Waals surface area contributed by atoms with E-state index in [-0.39, 0.29) is 36.6 Å². The number of carbonyl (C=O) groups excluding carboxylic acids is 3. The molecule has 0 bridgehead atoms. The van der Waals surface area contributed by atoms with Crippen LogP contribution in [0.25, 0.3) is 22.5 Å². The molecule has 0 fully saturated rings. The van der Waals surface area contributed by atoms with Gasteiger partial charge in [0, 0.05) is 55.1 Å².